The first-order valence-electron chi connectivity index (χ1n) is 10.1. The van der Waals surface area contributed by atoms with Gasteiger partial charge in [0.2, 0.25) is 0 Å². The Morgan fingerprint density at radius 1 is 0.387 bits per heavy atom. The molecule has 5 aromatic rings. The first-order valence-corrected chi connectivity index (χ1v) is 10.1. The number of hydrogen-bond acceptors (Lipinski definition) is 4. The second kappa shape index (κ2) is 8.20. The largest absolute Gasteiger partial charge is 0.398 e. The van der Waals surface area contributed by atoms with E-state index in [1.54, 1.807) is 0 Å². The fourth-order valence-corrected chi connectivity index (χ4v) is 3.48. The van der Waals surface area contributed by atoms with Crippen LogP contribution in [0.2, 0.25) is 0 Å². The van der Waals surface area contributed by atoms with Crippen LogP contribution in [-0.4, -0.2) is 15.0 Å². The fraction of sp³-hybridized carbons (Fsp3) is 0. The number of hydrogen-bond donors (Lipinski definition) is 1. The zero-order chi connectivity index (χ0) is 21.0. The van der Waals surface area contributed by atoms with Gasteiger partial charge in [0.15, 0.2) is 17.5 Å². The number of para-hydroxylation sites is 1. The van der Waals surface area contributed by atoms with Crippen molar-refractivity contribution in [1.29, 1.82) is 0 Å². The molecule has 0 aliphatic heterocycles. The molecule has 0 radical (unpaired) electrons. The Balaban J connectivity index is 1.63. The van der Waals surface area contributed by atoms with Crippen molar-refractivity contribution in [2.24, 2.45) is 0 Å². The van der Waals surface area contributed by atoms with Gasteiger partial charge in [0.05, 0.1) is 0 Å². The van der Waals surface area contributed by atoms with Gasteiger partial charge in [0, 0.05) is 22.4 Å². The molecule has 5 rings (SSSR count). The zero-order valence-electron chi connectivity index (χ0n) is 16.8. The van der Waals surface area contributed by atoms with Gasteiger partial charge in [0.25, 0.3) is 0 Å². The average molecular weight is 400 g/mol. The summed E-state index contributed by atoms with van der Waals surface area (Å²) in [7, 11) is 0. The molecule has 0 aliphatic carbocycles. The summed E-state index contributed by atoms with van der Waals surface area (Å²) in [5.41, 5.74) is 11.8. The highest BCUT2D eigenvalue weighted by Gasteiger charge is 2.13. The summed E-state index contributed by atoms with van der Waals surface area (Å²) < 4.78 is 0. The van der Waals surface area contributed by atoms with E-state index in [0.29, 0.717) is 23.2 Å². The number of nitrogens with two attached hydrogens (primary N) is 1. The predicted octanol–water partition coefficient (Wildman–Crippen LogP) is 6.12. The smallest absolute Gasteiger partial charge is 0.166 e. The van der Waals surface area contributed by atoms with Gasteiger partial charge in [-0.05, 0) is 23.3 Å². The van der Waals surface area contributed by atoms with Crippen LogP contribution < -0.4 is 5.73 Å². The highest BCUT2D eigenvalue weighted by Crippen LogP contribution is 2.28. The van der Waals surface area contributed by atoms with E-state index in [4.69, 9.17) is 20.7 Å². The number of nitrogen functional groups attached to an aromatic ring is 1. The van der Waals surface area contributed by atoms with Crippen LogP contribution in [0.4, 0.5) is 5.69 Å². The molecule has 0 bridgehead atoms. The first-order chi connectivity index (χ1) is 15.3. The molecule has 4 nitrogen and oxygen atoms in total. The van der Waals surface area contributed by atoms with E-state index in [1.165, 1.54) is 5.56 Å². The molecule has 4 heteroatoms. The summed E-state index contributed by atoms with van der Waals surface area (Å²) in [6.45, 7) is 0. The number of aromatic nitrogens is 3. The highest BCUT2D eigenvalue weighted by atomic mass is 15.0. The van der Waals surface area contributed by atoms with Crippen LogP contribution >= 0.6 is 0 Å². The Labute approximate surface area is 181 Å². The quantitative estimate of drug-likeness (QED) is 0.369. The lowest BCUT2D eigenvalue weighted by Crippen LogP contribution is -2.01. The zero-order valence-corrected chi connectivity index (χ0v) is 16.8. The number of rotatable bonds is 4. The molecule has 31 heavy (non-hydrogen) atoms. The topological polar surface area (TPSA) is 64.7 Å². The van der Waals surface area contributed by atoms with Crippen LogP contribution in [0.25, 0.3) is 45.3 Å². The maximum absolute atomic E-state index is 6.21. The molecule has 0 saturated carbocycles. The van der Waals surface area contributed by atoms with Gasteiger partial charge in [0.1, 0.15) is 0 Å². The Hall–Kier alpha value is -4.31. The van der Waals surface area contributed by atoms with E-state index < -0.39 is 0 Å². The van der Waals surface area contributed by atoms with Crippen molar-refractivity contribution in [3.63, 3.8) is 0 Å². The molecule has 0 amide bonds. The van der Waals surface area contributed by atoms with Crippen LogP contribution in [0.3, 0.4) is 0 Å². The van der Waals surface area contributed by atoms with Crippen LogP contribution in [-0.2, 0) is 0 Å². The molecule has 0 atom stereocenters. The van der Waals surface area contributed by atoms with Crippen LogP contribution in [0.5, 0.6) is 0 Å². The molecule has 1 heterocycles. The molecule has 1 aromatic heterocycles. The third-order valence-electron chi connectivity index (χ3n) is 5.12. The molecular weight excluding hydrogens is 380 g/mol. The van der Waals surface area contributed by atoms with Crippen LogP contribution in [0.1, 0.15) is 0 Å². The van der Waals surface area contributed by atoms with Gasteiger partial charge in [-0.3, -0.25) is 0 Å². The van der Waals surface area contributed by atoms with Crippen LogP contribution in [0, 0.1) is 0 Å². The minimum absolute atomic E-state index is 0.564. The minimum atomic E-state index is 0.564. The second-order valence-electron chi connectivity index (χ2n) is 7.20. The van der Waals surface area contributed by atoms with Gasteiger partial charge < -0.3 is 5.73 Å². The van der Waals surface area contributed by atoms with Gasteiger partial charge in [-0.25, -0.2) is 15.0 Å². The van der Waals surface area contributed by atoms with E-state index in [0.717, 1.165) is 22.3 Å². The summed E-state index contributed by atoms with van der Waals surface area (Å²) in [5, 5.41) is 0. The van der Waals surface area contributed by atoms with E-state index in [-0.39, 0.29) is 0 Å². The molecule has 0 unspecified atom stereocenters. The number of anilines is 1. The maximum atomic E-state index is 6.21. The van der Waals surface area contributed by atoms with E-state index >= 15 is 0 Å². The second-order valence-corrected chi connectivity index (χ2v) is 7.20. The third kappa shape index (κ3) is 3.91. The van der Waals surface area contributed by atoms with Crippen molar-refractivity contribution in [3.05, 3.63) is 109 Å². The molecule has 0 saturated heterocycles. The normalized spacial score (nSPS) is 10.7. The van der Waals surface area contributed by atoms with Crippen LogP contribution in [0.15, 0.2) is 109 Å². The lowest BCUT2D eigenvalue weighted by molar-refractivity contribution is 1.07. The lowest BCUT2D eigenvalue weighted by Gasteiger charge is -2.10. The van der Waals surface area contributed by atoms with E-state index in [2.05, 4.69) is 24.3 Å². The lowest BCUT2D eigenvalue weighted by atomic mass is 10.0. The summed E-state index contributed by atoms with van der Waals surface area (Å²) >= 11 is 0. The Morgan fingerprint density at radius 3 is 1.42 bits per heavy atom. The van der Waals surface area contributed by atoms with E-state index in [1.807, 2.05) is 84.9 Å². The summed E-state index contributed by atoms with van der Waals surface area (Å²) in [4.78, 5) is 14.3. The Bertz CT molecular complexity index is 1310. The van der Waals surface area contributed by atoms with Gasteiger partial charge in [-0.1, -0.05) is 97.1 Å². The maximum Gasteiger partial charge on any atom is 0.166 e. The van der Waals surface area contributed by atoms with Crippen molar-refractivity contribution < 1.29 is 0 Å². The monoisotopic (exact) mass is 400 g/mol. The molecule has 148 valence electrons. The molecule has 0 fully saturated rings. The average Bonchev–Trinajstić information content (AvgIpc) is 2.85. The molecular formula is C27H20N4. The molecule has 4 aromatic carbocycles. The number of benzene rings is 4. The SMILES string of the molecule is Nc1ccccc1-c1nc(-c2ccccc2)nc(-c2ccc(-c3ccccc3)cc2)n1. The first kappa shape index (κ1) is 18.7. The highest BCUT2D eigenvalue weighted by molar-refractivity contribution is 5.75. The van der Waals surface area contributed by atoms with Crippen molar-refractivity contribution in [2.75, 3.05) is 5.73 Å². The van der Waals surface area contributed by atoms with Crippen molar-refractivity contribution in [2.45, 2.75) is 0 Å². The summed E-state index contributed by atoms with van der Waals surface area (Å²) in [6, 6.07) is 36.1. The van der Waals surface area contributed by atoms with Gasteiger partial charge in [-0.15, -0.1) is 0 Å². The fourth-order valence-electron chi connectivity index (χ4n) is 3.48. The summed E-state index contributed by atoms with van der Waals surface area (Å²) in [6.07, 6.45) is 0. The molecule has 0 aliphatic rings. The third-order valence-corrected chi connectivity index (χ3v) is 5.12. The molecule has 0 spiro atoms. The Kier molecular flexibility index (Phi) is 4.95. The van der Waals surface area contributed by atoms with Gasteiger partial charge >= 0.3 is 0 Å². The minimum Gasteiger partial charge on any atom is -0.398 e. The summed E-state index contributed by atoms with van der Waals surface area (Å²) in [5.74, 6) is 1.80. The van der Waals surface area contributed by atoms with E-state index in [9.17, 15) is 0 Å². The predicted molar refractivity (Wildman–Crippen MR) is 126 cm³/mol. The number of nitrogens with zero attached hydrogens (tertiary/aromatic N) is 3. The van der Waals surface area contributed by atoms with Gasteiger partial charge in [-0.2, -0.15) is 0 Å². The Morgan fingerprint density at radius 2 is 0.806 bits per heavy atom. The van der Waals surface area contributed by atoms with Crippen molar-refractivity contribution >= 4 is 5.69 Å². The standard InChI is InChI=1S/C27H20N4/c28-24-14-8-7-13-23(24)27-30-25(21-11-5-2-6-12-21)29-26(31-27)22-17-15-20(16-18-22)19-9-3-1-4-10-19/h1-18H,28H2. The molecule has 2 N–H and O–H groups in total. The van der Waals surface area contributed by atoms with Crippen molar-refractivity contribution in [1.82, 2.24) is 15.0 Å². The van der Waals surface area contributed by atoms with Crippen molar-refractivity contribution in [3.8, 4) is 45.3 Å².